The molecule has 0 radical (unpaired) electrons. The van der Waals surface area contributed by atoms with Crippen LogP contribution in [0.3, 0.4) is 0 Å². The molecule has 0 aliphatic heterocycles. The van der Waals surface area contributed by atoms with E-state index in [1.165, 1.54) is 7.05 Å². The summed E-state index contributed by atoms with van der Waals surface area (Å²) in [5.41, 5.74) is -1.51. The average molecular weight is 287 g/mol. The van der Waals surface area contributed by atoms with E-state index < -0.39 is 34.5 Å². The molecule has 0 saturated heterocycles. The maximum absolute atomic E-state index is 13.6. The molecule has 6 heteroatoms. The first kappa shape index (κ1) is 14.8. The second-order valence-electron chi connectivity index (χ2n) is 5.32. The molecule has 1 fully saturated rings. The molecule has 0 atom stereocenters. The molecular formula is C14H16F3NO2. The van der Waals surface area contributed by atoms with Crippen LogP contribution in [0.15, 0.2) is 12.1 Å². The molecule has 0 spiro atoms. The van der Waals surface area contributed by atoms with Crippen molar-refractivity contribution in [2.24, 2.45) is 0 Å². The number of carbonyl (C=O) groups is 1. The predicted octanol–water partition coefficient (Wildman–Crippen LogP) is 2.48. The third kappa shape index (κ3) is 2.80. The Balaban J connectivity index is 2.17. The zero-order valence-electron chi connectivity index (χ0n) is 11.1. The maximum Gasteiger partial charge on any atom is 0.256 e. The normalized spacial score (nSPS) is 17.2. The third-order valence-electron chi connectivity index (χ3n) is 3.68. The summed E-state index contributed by atoms with van der Waals surface area (Å²) in [5, 5.41) is 10.2. The van der Waals surface area contributed by atoms with Gasteiger partial charge < -0.3 is 10.0 Å². The van der Waals surface area contributed by atoms with Gasteiger partial charge in [-0.05, 0) is 25.0 Å². The first-order valence-electron chi connectivity index (χ1n) is 6.45. The fourth-order valence-corrected chi connectivity index (χ4v) is 2.60. The van der Waals surface area contributed by atoms with Crippen molar-refractivity contribution in [3.63, 3.8) is 0 Å². The molecule has 0 heterocycles. The number of hydrogen-bond acceptors (Lipinski definition) is 2. The SMILES string of the molecule is CN(CC1(O)CCCC1)C(=O)c1ccc(F)c(F)c1F. The predicted molar refractivity (Wildman–Crippen MR) is 66.7 cm³/mol. The van der Waals surface area contributed by atoms with Gasteiger partial charge in [0, 0.05) is 13.6 Å². The van der Waals surface area contributed by atoms with Crippen molar-refractivity contribution >= 4 is 5.91 Å². The Morgan fingerprint density at radius 2 is 1.85 bits per heavy atom. The smallest absolute Gasteiger partial charge is 0.256 e. The van der Waals surface area contributed by atoms with E-state index in [1.807, 2.05) is 0 Å². The molecule has 20 heavy (non-hydrogen) atoms. The van der Waals surface area contributed by atoms with Crippen molar-refractivity contribution < 1.29 is 23.1 Å². The summed E-state index contributed by atoms with van der Waals surface area (Å²) in [5.74, 6) is -5.28. The van der Waals surface area contributed by atoms with Gasteiger partial charge in [-0.25, -0.2) is 13.2 Å². The number of aliphatic hydroxyl groups is 1. The van der Waals surface area contributed by atoms with Gasteiger partial charge in [0.2, 0.25) is 0 Å². The minimum Gasteiger partial charge on any atom is -0.388 e. The molecule has 0 aromatic heterocycles. The van der Waals surface area contributed by atoms with Crippen LogP contribution in [0.25, 0.3) is 0 Å². The first-order chi connectivity index (χ1) is 9.34. The summed E-state index contributed by atoms with van der Waals surface area (Å²) in [6.45, 7) is 0.0459. The number of hydrogen-bond donors (Lipinski definition) is 1. The van der Waals surface area contributed by atoms with E-state index in [0.717, 1.165) is 23.8 Å². The van der Waals surface area contributed by atoms with E-state index in [9.17, 15) is 23.1 Å². The molecular weight excluding hydrogens is 271 g/mol. The van der Waals surface area contributed by atoms with Gasteiger partial charge in [0.15, 0.2) is 17.5 Å². The fraction of sp³-hybridized carbons (Fsp3) is 0.500. The lowest BCUT2D eigenvalue weighted by Crippen LogP contribution is -2.42. The molecule has 2 rings (SSSR count). The van der Waals surface area contributed by atoms with Crippen LogP contribution in [-0.2, 0) is 0 Å². The topological polar surface area (TPSA) is 40.5 Å². The van der Waals surface area contributed by atoms with E-state index in [2.05, 4.69) is 0 Å². The summed E-state index contributed by atoms with van der Waals surface area (Å²) in [6, 6.07) is 1.62. The summed E-state index contributed by atoms with van der Waals surface area (Å²) < 4.78 is 39.5. The molecule has 1 amide bonds. The van der Waals surface area contributed by atoms with Crippen molar-refractivity contribution in [1.82, 2.24) is 4.90 Å². The van der Waals surface area contributed by atoms with Crippen LogP contribution >= 0.6 is 0 Å². The molecule has 1 aliphatic carbocycles. The van der Waals surface area contributed by atoms with Crippen molar-refractivity contribution in [1.29, 1.82) is 0 Å². The van der Waals surface area contributed by atoms with Gasteiger partial charge in [0.05, 0.1) is 11.2 Å². The van der Waals surface area contributed by atoms with Crippen LogP contribution in [-0.4, -0.2) is 35.1 Å². The molecule has 1 saturated carbocycles. The number of nitrogens with zero attached hydrogens (tertiary/aromatic N) is 1. The van der Waals surface area contributed by atoms with Crippen molar-refractivity contribution in [2.45, 2.75) is 31.3 Å². The van der Waals surface area contributed by atoms with E-state index >= 15 is 0 Å². The zero-order valence-corrected chi connectivity index (χ0v) is 11.1. The van der Waals surface area contributed by atoms with E-state index in [0.29, 0.717) is 18.9 Å². The minimum absolute atomic E-state index is 0.0459. The molecule has 1 N–H and O–H groups in total. The molecule has 0 bridgehead atoms. The molecule has 3 nitrogen and oxygen atoms in total. The summed E-state index contributed by atoms with van der Waals surface area (Å²) >= 11 is 0. The number of rotatable bonds is 3. The average Bonchev–Trinajstić information content (AvgIpc) is 2.82. The van der Waals surface area contributed by atoms with Gasteiger partial charge in [-0.2, -0.15) is 0 Å². The van der Waals surface area contributed by atoms with Crippen LogP contribution in [0.4, 0.5) is 13.2 Å². The summed E-state index contributed by atoms with van der Waals surface area (Å²) in [7, 11) is 1.40. The van der Waals surface area contributed by atoms with Crippen LogP contribution in [0, 0.1) is 17.5 Å². The Labute approximate surface area is 115 Å². The van der Waals surface area contributed by atoms with Crippen molar-refractivity contribution in [2.75, 3.05) is 13.6 Å². The minimum atomic E-state index is -1.66. The Bertz CT molecular complexity index is 527. The number of likely N-dealkylation sites (N-methyl/N-ethyl adjacent to an activating group) is 1. The maximum atomic E-state index is 13.6. The highest BCUT2D eigenvalue weighted by Crippen LogP contribution is 2.30. The molecule has 0 unspecified atom stereocenters. The van der Waals surface area contributed by atoms with Gasteiger partial charge in [0.1, 0.15) is 0 Å². The van der Waals surface area contributed by atoms with E-state index in [-0.39, 0.29) is 6.54 Å². The molecule has 110 valence electrons. The van der Waals surface area contributed by atoms with Crippen LogP contribution < -0.4 is 0 Å². The Morgan fingerprint density at radius 1 is 1.25 bits per heavy atom. The first-order valence-corrected chi connectivity index (χ1v) is 6.45. The Kier molecular flexibility index (Phi) is 4.04. The highest BCUT2D eigenvalue weighted by molar-refractivity contribution is 5.94. The second kappa shape index (κ2) is 5.44. The van der Waals surface area contributed by atoms with Gasteiger partial charge in [-0.1, -0.05) is 12.8 Å². The third-order valence-corrected chi connectivity index (χ3v) is 3.68. The highest BCUT2D eigenvalue weighted by Gasteiger charge is 2.34. The monoisotopic (exact) mass is 287 g/mol. The molecule has 1 aromatic rings. The summed E-state index contributed by atoms with van der Waals surface area (Å²) in [4.78, 5) is 13.2. The lowest BCUT2D eigenvalue weighted by Gasteiger charge is -2.28. The van der Waals surface area contributed by atoms with Crippen molar-refractivity contribution in [3.8, 4) is 0 Å². The fourth-order valence-electron chi connectivity index (χ4n) is 2.60. The number of benzene rings is 1. The number of amides is 1. The van der Waals surface area contributed by atoms with Crippen molar-refractivity contribution in [3.05, 3.63) is 35.1 Å². The van der Waals surface area contributed by atoms with Crippen LogP contribution in [0.5, 0.6) is 0 Å². The molecule has 1 aliphatic rings. The lowest BCUT2D eigenvalue weighted by molar-refractivity contribution is 0.0155. The standard InChI is InChI=1S/C14H16F3NO2/c1-18(8-14(20)6-2-3-7-14)13(19)9-4-5-10(15)12(17)11(9)16/h4-5,20H,2-3,6-8H2,1H3. The van der Waals surface area contributed by atoms with Gasteiger partial charge in [0.25, 0.3) is 5.91 Å². The quantitative estimate of drug-likeness (QED) is 0.868. The van der Waals surface area contributed by atoms with E-state index in [1.54, 1.807) is 0 Å². The number of halogens is 3. The van der Waals surface area contributed by atoms with Gasteiger partial charge >= 0.3 is 0 Å². The summed E-state index contributed by atoms with van der Waals surface area (Å²) in [6.07, 6.45) is 2.89. The van der Waals surface area contributed by atoms with Crippen LogP contribution in [0.1, 0.15) is 36.0 Å². The number of carbonyl (C=O) groups excluding carboxylic acids is 1. The lowest BCUT2D eigenvalue weighted by atomic mass is 10.0. The highest BCUT2D eigenvalue weighted by atomic mass is 19.2. The Hall–Kier alpha value is -1.56. The zero-order chi connectivity index (χ0) is 14.9. The molecule has 1 aromatic carbocycles. The van der Waals surface area contributed by atoms with Gasteiger partial charge in [-0.3, -0.25) is 4.79 Å². The largest absolute Gasteiger partial charge is 0.388 e. The van der Waals surface area contributed by atoms with Gasteiger partial charge in [-0.15, -0.1) is 0 Å². The second-order valence-corrected chi connectivity index (χ2v) is 5.32. The Morgan fingerprint density at radius 3 is 2.45 bits per heavy atom. The van der Waals surface area contributed by atoms with E-state index in [4.69, 9.17) is 0 Å². The van der Waals surface area contributed by atoms with Crippen LogP contribution in [0.2, 0.25) is 0 Å².